The highest BCUT2D eigenvalue weighted by Crippen LogP contribution is 2.53. The lowest BCUT2D eigenvalue weighted by molar-refractivity contribution is 0.245. The Hall–Kier alpha value is -2.90. The average Bonchev–Trinajstić information content (AvgIpc) is 3.33. The second kappa shape index (κ2) is 8.84. The summed E-state index contributed by atoms with van der Waals surface area (Å²) < 4.78 is 0. The number of hydrogen-bond donors (Lipinski definition) is 2. The van der Waals surface area contributed by atoms with Crippen molar-refractivity contribution >= 4 is 11.4 Å². The monoisotopic (exact) mass is 506 g/mol. The summed E-state index contributed by atoms with van der Waals surface area (Å²) in [7, 11) is 0. The molecule has 0 aromatic heterocycles. The normalized spacial score (nSPS) is 20.7. The van der Waals surface area contributed by atoms with Crippen LogP contribution >= 0.6 is 0 Å². The molecule has 2 aliphatic carbocycles. The Morgan fingerprint density at radius 3 is 1.27 bits per heavy atom. The van der Waals surface area contributed by atoms with Gasteiger partial charge in [0.15, 0.2) is 0 Å². The second-order valence-corrected chi connectivity index (χ2v) is 14.5. The van der Waals surface area contributed by atoms with Gasteiger partial charge >= 0.3 is 0 Å². The van der Waals surface area contributed by atoms with Gasteiger partial charge in [0.05, 0.1) is 12.8 Å². The van der Waals surface area contributed by atoms with Gasteiger partial charge in [-0.05, 0) is 56.1 Å². The van der Waals surface area contributed by atoms with E-state index >= 15 is 0 Å². The largest absolute Gasteiger partial charge is 0.512 e. The van der Waals surface area contributed by atoms with E-state index in [0.717, 1.165) is 46.5 Å². The maximum atomic E-state index is 11.4. The molecule has 0 saturated carbocycles. The third-order valence-corrected chi connectivity index (χ3v) is 7.26. The first-order chi connectivity index (χ1) is 16.9. The summed E-state index contributed by atoms with van der Waals surface area (Å²) in [5.74, 6) is 0.523. The first-order valence-corrected chi connectivity index (χ1v) is 13.2. The summed E-state index contributed by atoms with van der Waals surface area (Å²) in [5.41, 5.74) is 5.87. The molecule has 0 amide bonds. The number of hydrogen-bond acceptors (Lipinski definition) is 8. The number of allylic oxidation sites excluding steroid dienone is 8. The van der Waals surface area contributed by atoms with Gasteiger partial charge in [-0.25, -0.2) is 0 Å². The van der Waals surface area contributed by atoms with Gasteiger partial charge in [-0.1, -0.05) is 69.2 Å². The van der Waals surface area contributed by atoms with Gasteiger partial charge in [0, 0.05) is 17.6 Å². The first-order valence-electron chi connectivity index (χ1n) is 13.2. The minimum atomic E-state index is -0.319. The van der Waals surface area contributed by atoms with Crippen LogP contribution in [-0.2, 0) is 0 Å². The minimum absolute atomic E-state index is 0.0476. The van der Waals surface area contributed by atoms with Gasteiger partial charge in [0.2, 0.25) is 0 Å². The predicted octanol–water partition coefficient (Wildman–Crippen LogP) is 8.88. The van der Waals surface area contributed by atoms with Crippen LogP contribution in [-0.4, -0.2) is 21.6 Å². The van der Waals surface area contributed by atoms with Crippen LogP contribution in [0.4, 0.5) is 0 Å². The number of aliphatic hydroxyl groups is 2. The quantitative estimate of drug-likeness (QED) is 0.374. The van der Waals surface area contributed by atoms with Gasteiger partial charge in [0.25, 0.3) is 0 Å². The Labute approximate surface area is 220 Å². The van der Waals surface area contributed by atoms with E-state index in [9.17, 15) is 10.2 Å². The number of rotatable bonds is 6. The van der Waals surface area contributed by atoms with E-state index in [0.29, 0.717) is 17.8 Å². The zero-order valence-corrected chi connectivity index (χ0v) is 24.1. The Kier molecular flexibility index (Phi) is 6.49. The van der Waals surface area contributed by atoms with Gasteiger partial charge in [0.1, 0.15) is 34.3 Å². The highest BCUT2D eigenvalue weighted by atomic mass is 16.3. The smallest absolute Gasteiger partial charge is 0.115 e. The maximum Gasteiger partial charge on any atom is 0.115 e. The van der Waals surface area contributed by atoms with Crippen molar-refractivity contribution in [1.29, 1.82) is 0 Å². The summed E-state index contributed by atoms with van der Waals surface area (Å²) in [6, 6.07) is 0. The first kappa shape index (κ1) is 27.1. The van der Waals surface area contributed by atoms with Crippen LogP contribution in [0.15, 0.2) is 76.1 Å². The summed E-state index contributed by atoms with van der Waals surface area (Å²) in [4.78, 5) is 0. The summed E-state index contributed by atoms with van der Waals surface area (Å²) in [5, 5.41) is 48.0. The highest BCUT2D eigenvalue weighted by Gasteiger charge is 2.43. The zero-order valence-electron chi connectivity index (χ0n) is 24.1. The van der Waals surface area contributed by atoms with E-state index in [1.165, 1.54) is 0 Å². The summed E-state index contributed by atoms with van der Waals surface area (Å²) in [6.45, 7) is 22.1. The van der Waals surface area contributed by atoms with E-state index < -0.39 is 0 Å². The molecular weight excluding hydrogens is 464 g/mol. The molecule has 4 rings (SSSR count). The molecule has 0 bridgehead atoms. The molecule has 0 unspecified atom stereocenters. The SMILES string of the molecule is CC(C)(C)CC(C)(C)C1=C2N=NN=C2CC(O)=C1CC1=C(O)CC2=NN=NC2=C1C(C)(C)CC(C)(C)C. The van der Waals surface area contributed by atoms with Gasteiger partial charge in [-0.3, -0.25) is 0 Å². The molecule has 0 saturated heterocycles. The number of fused-ring (bicyclic) bond motifs is 2. The van der Waals surface area contributed by atoms with Crippen molar-refractivity contribution in [2.75, 3.05) is 0 Å². The Morgan fingerprint density at radius 1 is 0.595 bits per heavy atom. The van der Waals surface area contributed by atoms with Crippen molar-refractivity contribution < 1.29 is 10.2 Å². The Balaban J connectivity index is 1.86. The van der Waals surface area contributed by atoms with E-state index in [2.05, 4.69) is 100 Å². The fourth-order valence-corrected chi connectivity index (χ4v) is 7.03. The van der Waals surface area contributed by atoms with Gasteiger partial charge < -0.3 is 10.2 Å². The molecule has 2 aliphatic heterocycles. The lowest BCUT2D eigenvalue weighted by atomic mass is 9.64. The highest BCUT2D eigenvalue weighted by molar-refractivity contribution is 6.05. The van der Waals surface area contributed by atoms with E-state index in [4.69, 9.17) is 0 Å². The molecule has 0 aromatic carbocycles. The van der Waals surface area contributed by atoms with Crippen molar-refractivity contribution in [3.63, 3.8) is 0 Å². The Morgan fingerprint density at radius 2 is 0.946 bits per heavy atom. The molecular formula is C29H42N6O2. The predicted molar refractivity (Wildman–Crippen MR) is 148 cm³/mol. The third kappa shape index (κ3) is 5.39. The standard InChI is InChI=1S/C29H42N6O2/c1-26(2,3)14-28(7,8)22-16(20(36)12-18-24(22)32-34-30-18)11-17-21(37)13-19-25(33-35-31-19)23(17)29(9,10)15-27(4,5)6/h36-37H,11-15H2,1-10H3. The third-order valence-electron chi connectivity index (χ3n) is 7.26. The van der Waals surface area contributed by atoms with Gasteiger partial charge in [-0.2, -0.15) is 0 Å². The molecule has 0 spiro atoms. The fourth-order valence-electron chi connectivity index (χ4n) is 7.03. The van der Waals surface area contributed by atoms with E-state index in [-0.39, 0.29) is 46.0 Å². The lowest BCUT2D eigenvalue weighted by Crippen LogP contribution is -2.31. The molecule has 0 radical (unpaired) electrons. The van der Waals surface area contributed by atoms with Crippen LogP contribution in [0.1, 0.15) is 101 Å². The molecule has 37 heavy (non-hydrogen) atoms. The fraction of sp³-hybridized carbons (Fsp3) is 0.655. The average molecular weight is 507 g/mol. The molecule has 8 nitrogen and oxygen atoms in total. The topological polar surface area (TPSA) is 115 Å². The van der Waals surface area contributed by atoms with Crippen LogP contribution in [0.5, 0.6) is 0 Å². The number of nitrogens with zero attached hydrogens (tertiary/aromatic N) is 6. The van der Waals surface area contributed by atoms with Crippen LogP contribution in [0.3, 0.4) is 0 Å². The summed E-state index contributed by atoms with van der Waals surface area (Å²) in [6.07, 6.45) is 2.67. The van der Waals surface area contributed by atoms with Crippen LogP contribution in [0.25, 0.3) is 0 Å². The van der Waals surface area contributed by atoms with E-state index in [1.807, 2.05) is 0 Å². The molecule has 0 fully saturated rings. The molecule has 2 heterocycles. The molecule has 4 aliphatic rings. The Bertz CT molecular complexity index is 1170. The van der Waals surface area contributed by atoms with Crippen molar-refractivity contribution in [2.24, 2.45) is 52.5 Å². The minimum Gasteiger partial charge on any atom is -0.512 e. The molecule has 2 N–H and O–H groups in total. The van der Waals surface area contributed by atoms with Crippen LogP contribution in [0.2, 0.25) is 0 Å². The van der Waals surface area contributed by atoms with Crippen molar-refractivity contribution in [3.05, 3.63) is 45.2 Å². The van der Waals surface area contributed by atoms with Crippen LogP contribution in [0, 0.1) is 21.7 Å². The van der Waals surface area contributed by atoms with Crippen molar-refractivity contribution in [1.82, 2.24) is 0 Å². The van der Waals surface area contributed by atoms with Crippen molar-refractivity contribution in [3.8, 4) is 0 Å². The van der Waals surface area contributed by atoms with Crippen LogP contribution < -0.4 is 0 Å². The lowest BCUT2D eigenvalue weighted by Gasteiger charge is -2.40. The van der Waals surface area contributed by atoms with Gasteiger partial charge in [-0.15, -0.1) is 20.4 Å². The molecule has 0 aromatic rings. The number of aliphatic hydroxyl groups excluding tert-OH is 2. The maximum absolute atomic E-state index is 11.4. The molecule has 0 atom stereocenters. The zero-order chi connectivity index (χ0) is 27.6. The van der Waals surface area contributed by atoms with Crippen molar-refractivity contribution in [2.45, 2.75) is 101 Å². The summed E-state index contributed by atoms with van der Waals surface area (Å²) >= 11 is 0. The second-order valence-electron chi connectivity index (χ2n) is 14.5. The molecule has 200 valence electrons. The molecule has 8 heteroatoms. The van der Waals surface area contributed by atoms with E-state index in [1.54, 1.807) is 0 Å².